The summed E-state index contributed by atoms with van der Waals surface area (Å²) in [7, 11) is 0. The van der Waals surface area contributed by atoms with E-state index in [0.717, 1.165) is 12.3 Å². The van der Waals surface area contributed by atoms with Gasteiger partial charge >= 0.3 is 0 Å². The van der Waals surface area contributed by atoms with E-state index in [4.69, 9.17) is 0 Å². The van der Waals surface area contributed by atoms with Crippen molar-refractivity contribution in [3.05, 3.63) is 29.9 Å². The number of aliphatic hydroxyl groups excluding tert-OH is 1. The van der Waals surface area contributed by atoms with Crippen molar-refractivity contribution < 1.29 is 9.90 Å². The summed E-state index contributed by atoms with van der Waals surface area (Å²) < 4.78 is 0. The first kappa shape index (κ1) is 13.6. The van der Waals surface area contributed by atoms with Gasteiger partial charge in [-0.1, -0.05) is 12.5 Å². The predicted molar refractivity (Wildman–Crippen MR) is 82.5 cm³/mol. The van der Waals surface area contributed by atoms with Crippen LogP contribution in [0.4, 0.5) is 0 Å². The molecule has 4 aliphatic carbocycles. The summed E-state index contributed by atoms with van der Waals surface area (Å²) in [5, 5.41) is 10.6. The topological polar surface area (TPSA) is 37.3 Å². The Hall–Kier alpha value is -1.05. The second-order valence-electron chi connectivity index (χ2n) is 8.05. The number of hydrogen-bond donors (Lipinski definition) is 1. The van der Waals surface area contributed by atoms with Gasteiger partial charge in [0.1, 0.15) is 5.76 Å². The van der Waals surface area contributed by atoms with Gasteiger partial charge in [0.05, 0.1) is 0 Å². The molecule has 1 radical (unpaired) electrons. The number of hydrogen-bond acceptors (Lipinski definition) is 2. The van der Waals surface area contributed by atoms with Crippen LogP contribution in [0.15, 0.2) is 23.5 Å². The molecule has 0 bridgehead atoms. The summed E-state index contributed by atoms with van der Waals surface area (Å²) in [6.45, 7) is 4.62. The normalized spacial score (nSPS) is 48.9. The van der Waals surface area contributed by atoms with Gasteiger partial charge in [0, 0.05) is 11.5 Å². The highest BCUT2D eigenvalue weighted by Crippen LogP contribution is 2.65. The third-order valence-electron chi connectivity index (χ3n) is 7.25. The zero-order valence-electron chi connectivity index (χ0n) is 13.1. The van der Waals surface area contributed by atoms with E-state index in [1.54, 1.807) is 6.08 Å². The van der Waals surface area contributed by atoms with Crippen LogP contribution in [0.2, 0.25) is 0 Å². The van der Waals surface area contributed by atoms with E-state index in [9.17, 15) is 9.90 Å². The predicted octanol–water partition coefficient (Wildman–Crippen LogP) is 4.38. The number of carbonyl (C=O) groups excluding carboxylic acids is 1. The third kappa shape index (κ3) is 1.68. The quantitative estimate of drug-likeness (QED) is 0.717. The van der Waals surface area contributed by atoms with Gasteiger partial charge in [0.2, 0.25) is 0 Å². The fraction of sp³-hybridized carbons (Fsp3) is 0.684. The van der Waals surface area contributed by atoms with E-state index in [2.05, 4.69) is 20.3 Å². The largest absolute Gasteiger partial charge is 0.511 e. The maximum atomic E-state index is 11.7. The lowest BCUT2D eigenvalue weighted by Crippen LogP contribution is -2.49. The summed E-state index contributed by atoms with van der Waals surface area (Å²) in [5.41, 5.74) is 1.32. The summed E-state index contributed by atoms with van der Waals surface area (Å²) in [4.78, 5) is 11.7. The Labute approximate surface area is 127 Å². The van der Waals surface area contributed by atoms with Crippen molar-refractivity contribution in [1.29, 1.82) is 0 Å². The molecule has 3 fully saturated rings. The number of aliphatic hydroxyl groups is 1. The van der Waals surface area contributed by atoms with Crippen LogP contribution in [0.5, 0.6) is 0 Å². The van der Waals surface area contributed by atoms with E-state index in [0.29, 0.717) is 23.0 Å². The standard InChI is InChI=1S/C19H25O2/c1-18-8-3-4-15(18)14-6-5-12-10-13(20)11-17(21)19(12,2)16(14)7-9-18/h8,10-11,14-16,21H,3-7,9H2,1-2H3. The fourth-order valence-electron chi connectivity index (χ4n) is 6.04. The molecule has 0 aromatic rings. The number of fused-ring (bicyclic) bond motifs is 5. The summed E-state index contributed by atoms with van der Waals surface area (Å²) in [6.07, 6.45) is 13.0. The maximum absolute atomic E-state index is 11.7. The maximum Gasteiger partial charge on any atom is 0.181 e. The lowest BCUT2D eigenvalue weighted by atomic mass is 9.48. The van der Waals surface area contributed by atoms with Crippen molar-refractivity contribution in [2.75, 3.05) is 0 Å². The third-order valence-corrected chi connectivity index (χ3v) is 7.25. The number of carbonyl (C=O) groups is 1. The van der Waals surface area contributed by atoms with Crippen LogP contribution in [-0.4, -0.2) is 10.9 Å². The first-order valence-electron chi connectivity index (χ1n) is 8.46. The van der Waals surface area contributed by atoms with Crippen LogP contribution in [0.1, 0.15) is 52.4 Å². The van der Waals surface area contributed by atoms with Crippen molar-refractivity contribution in [3.8, 4) is 0 Å². The van der Waals surface area contributed by atoms with E-state index in [1.807, 2.05) is 0 Å². The highest BCUT2D eigenvalue weighted by atomic mass is 16.3. The van der Waals surface area contributed by atoms with E-state index in [1.165, 1.54) is 43.8 Å². The van der Waals surface area contributed by atoms with Crippen LogP contribution in [0.25, 0.3) is 0 Å². The minimum atomic E-state index is -0.277. The second-order valence-corrected chi connectivity index (χ2v) is 8.05. The van der Waals surface area contributed by atoms with Gasteiger partial charge in [-0.15, -0.1) is 0 Å². The van der Waals surface area contributed by atoms with Crippen molar-refractivity contribution >= 4 is 5.78 Å². The first-order valence-corrected chi connectivity index (χ1v) is 8.46. The summed E-state index contributed by atoms with van der Waals surface area (Å²) in [5.74, 6) is 2.28. The molecule has 5 atom stereocenters. The van der Waals surface area contributed by atoms with Gasteiger partial charge in [0.15, 0.2) is 5.78 Å². The lowest BCUT2D eigenvalue weighted by molar-refractivity contribution is -0.111. The Kier molecular flexibility index (Phi) is 2.75. The van der Waals surface area contributed by atoms with Gasteiger partial charge in [-0.05, 0) is 81.1 Å². The molecular weight excluding hydrogens is 260 g/mol. The Balaban J connectivity index is 1.75. The van der Waals surface area contributed by atoms with Crippen molar-refractivity contribution in [1.82, 2.24) is 0 Å². The Morgan fingerprint density at radius 3 is 2.76 bits per heavy atom. The van der Waals surface area contributed by atoms with E-state index < -0.39 is 0 Å². The zero-order chi connectivity index (χ0) is 14.8. The number of allylic oxidation sites excluding steroid dienone is 3. The highest BCUT2D eigenvalue weighted by Gasteiger charge is 2.57. The molecule has 4 aliphatic rings. The zero-order valence-corrected chi connectivity index (χ0v) is 13.1. The molecule has 21 heavy (non-hydrogen) atoms. The number of rotatable bonds is 0. The molecule has 0 amide bonds. The molecule has 113 valence electrons. The molecule has 4 rings (SSSR count). The van der Waals surface area contributed by atoms with Gasteiger partial charge in [-0.25, -0.2) is 0 Å². The van der Waals surface area contributed by atoms with Crippen LogP contribution in [-0.2, 0) is 4.79 Å². The molecule has 2 heteroatoms. The molecule has 0 aromatic heterocycles. The van der Waals surface area contributed by atoms with E-state index in [-0.39, 0.29) is 11.2 Å². The van der Waals surface area contributed by atoms with Gasteiger partial charge in [-0.2, -0.15) is 0 Å². The molecule has 0 heterocycles. The smallest absolute Gasteiger partial charge is 0.181 e. The van der Waals surface area contributed by atoms with Crippen molar-refractivity contribution in [3.63, 3.8) is 0 Å². The van der Waals surface area contributed by atoms with Gasteiger partial charge in [0.25, 0.3) is 0 Å². The van der Waals surface area contributed by atoms with Crippen molar-refractivity contribution in [2.24, 2.45) is 28.6 Å². The molecule has 0 saturated heterocycles. The lowest BCUT2D eigenvalue weighted by Gasteiger charge is -2.56. The van der Waals surface area contributed by atoms with Crippen LogP contribution in [0, 0.1) is 35.0 Å². The fourth-order valence-corrected chi connectivity index (χ4v) is 6.04. The second kappa shape index (κ2) is 4.24. The van der Waals surface area contributed by atoms with Crippen LogP contribution in [0.3, 0.4) is 0 Å². The SMILES string of the molecule is CC12[CH]CCC1C1CCC3=CC(=O)C=C(O)C3(C)C1CC2. The Morgan fingerprint density at radius 2 is 1.95 bits per heavy atom. The average Bonchev–Trinajstić information content (AvgIpc) is 2.82. The minimum absolute atomic E-state index is 0.0340. The molecular formula is C19H25O2. The molecule has 2 nitrogen and oxygen atoms in total. The number of ketones is 1. The van der Waals surface area contributed by atoms with Gasteiger partial charge in [-0.3, -0.25) is 4.79 Å². The summed E-state index contributed by atoms with van der Waals surface area (Å²) in [6, 6.07) is 0. The monoisotopic (exact) mass is 285 g/mol. The van der Waals surface area contributed by atoms with Crippen LogP contribution < -0.4 is 0 Å². The summed E-state index contributed by atoms with van der Waals surface area (Å²) >= 11 is 0. The molecule has 0 spiro atoms. The Morgan fingerprint density at radius 1 is 1.14 bits per heavy atom. The minimum Gasteiger partial charge on any atom is -0.511 e. The first-order chi connectivity index (χ1) is 9.95. The van der Waals surface area contributed by atoms with Crippen LogP contribution >= 0.6 is 0 Å². The molecule has 0 aliphatic heterocycles. The Bertz CT molecular complexity index is 558. The van der Waals surface area contributed by atoms with Gasteiger partial charge < -0.3 is 5.11 Å². The molecule has 0 aromatic carbocycles. The highest BCUT2D eigenvalue weighted by molar-refractivity contribution is 6.01. The molecule has 3 saturated carbocycles. The molecule has 5 unspecified atom stereocenters. The molecule has 1 N–H and O–H groups in total. The van der Waals surface area contributed by atoms with Crippen molar-refractivity contribution in [2.45, 2.75) is 52.4 Å². The average molecular weight is 285 g/mol. The van der Waals surface area contributed by atoms with E-state index >= 15 is 0 Å².